The van der Waals surface area contributed by atoms with Crippen molar-refractivity contribution in [2.24, 2.45) is 0 Å². The van der Waals surface area contributed by atoms with Crippen molar-refractivity contribution >= 4 is 11.3 Å². The fraction of sp³-hybridized carbons (Fsp3) is 0.471. The third kappa shape index (κ3) is 4.15. The van der Waals surface area contributed by atoms with Gasteiger partial charge >= 0.3 is 0 Å². The molecule has 1 heterocycles. The molecule has 0 bridgehead atoms. The zero-order chi connectivity index (χ0) is 14.5. The van der Waals surface area contributed by atoms with E-state index in [1.165, 1.54) is 22.4 Å². The number of thiazole rings is 1. The Morgan fingerprint density at radius 3 is 2.40 bits per heavy atom. The van der Waals surface area contributed by atoms with Gasteiger partial charge in [-0.3, -0.25) is 0 Å². The maximum absolute atomic E-state index is 4.61. The van der Waals surface area contributed by atoms with Crippen molar-refractivity contribution in [3.05, 3.63) is 51.0 Å². The minimum atomic E-state index is 0.357. The third-order valence-electron chi connectivity index (χ3n) is 3.37. The predicted octanol–water partition coefficient (Wildman–Crippen LogP) is 4.35. The first-order valence-corrected chi connectivity index (χ1v) is 8.19. The van der Waals surface area contributed by atoms with E-state index < -0.39 is 0 Å². The summed E-state index contributed by atoms with van der Waals surface area (Å²) in [5.74, 6) is 0. The van der Waals surface area contributed by atoms with Gasteiger partial charge in [-0.2, -0.15) is 0 Å². The number of nitrogens with one attached hydrogen (secondary N) is 1. The van der Waals surface area contributed by atoms with Crippen molar-refractivity contribution in [2.75, 3.05) is 6.54 Å². The fourth-order valence-corrected chi connectivity index (χ4v) is 3.17. The molecular formula is C17H24N2S. The Labute approximate surface area is 126 Å². The first-order valence-electron chi connectivity index (χ1n) is 7.31. The Kier molecular flexibility index (Phi) is 5.32. The first kappa shape index (κ1) is 15.2. The van der Waals surface area contributed by atoms with Crippen LogP contribution in [0.25, 0.3) is 0 Å². The molecule has 1 aromatic carbocycles. The average molecular weight is 288 g/mol. The van der Waals surface area contributed by atoms with E-state index >= 15 is 0 Å². The molecule has 0 amide bonds. The molecule has 2 rings (SSSR count). The molecule has 0 radical (unpaired) electrons. The van der Waals surface area contributed by atoms with Crippen LogP contribution in [0.15, 0.2) is 23.6 Å². The quantitative estimate of drug-likeness (QED) is 0.854. The van der Waals surface area contributed by atoms with E-state index in [0.717, 1.165) is 24.4 Å². The van der Waals surface area contributed by atoms with Crippen molar-refractivity contribution in [1.82, 2.24) is 10.3 Å². The monoisotopic (exact) mass is 288 g/mol. The number of hydrogen-bond acceptors (Lipinski definition) is 3. The molecule has 2 nitrogen and oxygen atoms in total. The average Bonchev–Trinajstić information content (AvgIpc) is 2.79. The summed E-state index contributed by atoms with van der Waals surface area (Å²) in [5.41, 5.74) is 5.23. The number of rotatable bonds is 6. The smallest absolute Gasteiger partial charge is 0.0897 e. The lowest BCUT2D eigenvalue weighted by Crippen LogP contribution is -2.24. The lowest BCUT2D eigenvalue weighted by molar-refractivity contribution is 0.524. The summed E-state index contributed by atoms with van der Waals surface area (Å²) in [6.45, 7) is 9.65. The Hall–Kier alpha value is -1.19. The second-order valence-electron chi connectivity index (χ2n) is 5.49. The van der Waals surface area contributed by atoms with Crippen LogP contribution in [0.4, 0.5) is 0 Å². The highest BCUT2D eigenvalue weighted by Gasteiger charge is 2.14. The number of nitrogens with zero attached hydrogens (tertiary/aromatic N) is 1. The number of aryl methyl sites for hydroxylation is 3. The van der Waals surface area contributed by atoms with E-state index in [0.29, 0.717) is 6.04 Å². The maximum Gasteiger partial charge on any atom is 0.0897 e. The van der Waals surface area contributed by atoms with Crippen LogP contribution in [0.3, 0.4) is 0 Å². The third-order valence-corrected chi connectivity index (χ3v) is 4.19. The lowest BCUT2D eigenvalue weighted by atomic mass is 9.98. The van der Waals surface area contributed by atoms with E-state index in [9.17, 15) is 0 Å². The molecule has 0 saturated carbocycles. The molecule has 1 N–H and O–H groups in total. The molecule has 2 aromatic rings. The van der Waals surface area contributed by atoms with Crippen LogP contribution >= 0.6 is 11.3 Å². The molecule has 3 heteroatoms. The van der Waals surface area contributed by atoms with Gasteiger partial charge in [0.15, 0.2) is 0 Å². The lowest BCUT2D eigenvalue weighted by Gasteiger charge is -2.19. The van der Waals surface area contributed by atoms with Crippen LogP contribution in [0.5, 0.6) is 0 Å². The van der Waals surface area contributed by atoms with Gasteiger partial charge in [-0.25, -0.2) is 4.98 Å². The van der Waals surface area contributed by atoms with Crippen LogP contribution < -0.4 is 5.32 Å². The Balaban J connectivity index is 2.21. The molecular weight excluding hydrogens is 264 g/mol. The molecule has 108 valence electrons. The second kappa shape index (κ2) is 7.00. The molecule has 0 aliphatic heterocycles. The summed E-state index contributed by atoms with van der Waals surface area (Å²) in [6, 6.07) is 7.17. The summed E-state index contributed by atoms with van der Waals surface area (Å²) in [6.07, 6.45) is 2.12. The predicted molar refractivity (Wildman–Crippen MR) is 87.5 cm³/mol. The molecule has 0 aliphatic rings. The van der Waals surface area contributed by atoms with Gasteiger partial charge in [0.1, 0.15) is 0 Å². The highest BCUT2D eigenvalue weighted by molar-refractivity contribution is 7.09. The summed E-state index contributed by atoms with van der Waals surface area (Å²) in [7, 11) is 0. The molecule has 1 unspecified atom stereocenters. The van der Waals surface area contributed by atoms with Crippen molar-refractivity contribution in [3.8, 4) is 0 Å². The van der Waals surface area contributed by atoms with Crippen molar-refractivity contribution in [2.45, 2.75) is 46.6 Å². The van der Waals surface area contributed by atoms with E-state index in [2.05, 4.69) is 61.6 Å². The molecule has 1 atom stereocenters. The van der Waals surface area contributed by atoms with Gasteiger partial charge in [0.25, 0.3) is 0 Å². The highest BCUT2D eigenvalue weighted by atomic mass is 32.1. The number of aromatic nitrogens is 1. The van der Waals surface area contributed by atoms with Gasteiger partial charge in [-0.05, 0) is 39.3 Å². The second-order valence-corrected chi connectivity index (χ2v) is 6.55. The van der Waals surface area contributed by atoms with E-state index in [-0.39, 0.29) is 0 Å². The highest BCUT2D eigenvalue weighted by Crippen LogP contribution is 2.22. The number of hydrogen-bond donors (Lipinski definition) is 1. The van der Waals surface area contributed by atoms with Gasteiger partial charge < -0.3 is 5.32 Å². The molecule has 0 spiro atoms. The van der Waals surface area contributed by atoms with Gasteiger partial charge in [0.2, 0.25) is 0 Å². The summed E-state index contributed by atoms with van der Waals surface area (Å²) < 4.78 is 0. The van der Waals surface area contributed by atoms with Crippen LogP contribution in [0.1, 0.15) is 46.8 Å². The Bertz CT molecular complexity index is 540. The van der Waals surface area contributed by atoms with E-state index in [1.54, 1.807) is 11.3 Å². The molecule has 0 fully saturated rings. The topological polar surface area (TPSA) is 24.9 Å². The van der Waals surface area contributed by atoms with Crippen LogP contribution in [0.2, 0.25) is 0 Å². The summed E-state index contributed by atoms with van der Waals surface area (Å²) in [5, 5.41) is 6.99. The van der Waals surface area contributed by atoms with Gasteiger partial charge in [0, 0.05) is 17.8 Å². The van der Waals surface area contributed by atoms with E-state index in [1.807, 2.05) is 0 Å². The largest absolute Gasteiger partial charge is 0.310 e. The first-order chi connectivity index (χ1) is 9.58. The van der Waals surface area contributed by atoms with Crippen LogP contribution in [-0.2, 0) is 6.42 Å². The van der Waals surface area contributed by atoms with Gasteiger partial charge in [-0.1, -0.05) is 36.2 Å². The van der Waals surface area contributed by atoms with E-state index in [4.69, 9.17) is 0 Å². The Morgan fingerprint density at radius 1 is 1.15 bits per heavy atom. The van der Waals surface area contributed by atoms with Crippen molar-refractivity contribution in [3.63, 3.8) is 0 Å². The zero-order valence-electron chi connectivity index (χ0n) is 12.9. The molecule has 0 aliphatic carbocycles. The summed E-state index contributed by atoms with van der Waals surface area (Å²) in [4.78, 5) is 4.61. The minimum Gasteiger partial charge on any atom is -0.310 e. The van der Waals surface area contributed by atoms with Crippen molar-refractivity contribution in [1.29, 1.82) is 0 Å². The summed E-state index contributed by atoms with van der Waals surface area (Å²) >= 11 is 1.73. The van der Waals surface area contributed by atoms with Crippen molar-refractivity contribution < 1.29 is 0 Å². The zero-order valence-corrected chi connectivity index (χ0v) is 13.7. The minimum absolute atomic E-state index is 0.357. The molecule has 0 saturated heterocycles. The number of benzene rings is 1. The maximum atomic E-state index is 4.61. The SMILES string of the molecule is CCCNC(Cc1csc(C)n1)c1cc(C)cc(C)c1. The van der Waals surface area contributed by atoms with Gasteiger partial charge in [-0.15, -0.1) is 11.3 Å². The normalized spacial score (nSPS) is 12.6. The van der Waals surface area contributed by atoms with Gasteiger partial charge in [0.05, 0.1) is 10.7 Å². The van der Waals surface area contributed by atoms with Crippen LogP contribution in [-0.4, -0.2) is 11.5 Å². The Morgan fingerprint density at radius 2 is 1.85 bits per heavy atom. The molecule has 1 aromatic heterocycles. The fourth-order valence-electron chi connectivity index (χ4n) is 2.55. The van der Waals surface area contributed by atoms with Crippen LogP contribution in [0, 0.1) is 20.8 Å². The standard InChI is InChI=1S/C17H24N2S/c1-5-6-18-17(10-16-11-20-14(4)19-16)15-8-12(2)7-13(3)9-15/h7-9,11,17-18H,5-6,10H2,1-4H3. The molecule has 20 heavy (non-hydrogen) atoms.